The van der Waals surface area contributed by atoms with Crippen LogP contribution in [0.4, 0.5) is 14.5 Å². The molecule has 0 aliphatic rings. The van der Waals surface area contributed by atoms with Crippen molar-refractivity contribution in [1.29, 1.82) is 0 Å². The van der Waals surface area contributed by atoms with E-state index < -0.39 is 17.6 Å². The summed E-state index contributed by atoms with van der Waals surface area (Å²) in [4.78, 5) is 11.5. The number of carbonyl (C=O) groups excluding carboxylic acids is 1. The first kappa shape index (κ1) is 14.4. The average molecular weight is 257 g/mol. The molecule has 0 radical (unpaired) electrons. The molecule has 100 valence electrons. The third-order valence-corrected chi connectivity index (χ3v) is 2.75. The van der Waals surface area contributed by atoms with E-state index in [0.717, 1.165) is 18.2 Å². The van der Waals surface area contributed by atoms with E-state index in [9.17, 15) is 13.6 Å². The van der Waals surface area contributed by atoms with Gasteiger partial charge in [-0.1, -0.05) is 13.8 Å². The smallest absolute Gasteiger partial charge is 0.310 e. The molecule has 18 heavy (non-hydrogen) atoms. The number of ether oxygens (including phenoxy) is 1. The van der Waals surface area contributed by atoms with Crippen molar-refractivity contribution in [3.63, 3.8) is 0 Å². The van der Waals surface area contributed by atoms with Gasteiger partial charge in [-0.05, 0) is 24.1 Å². The fourth-order valence-corrected chi connectivity index (χ4v) is 1.60. The lowest BCUT2D eigenvalue weighted by molar-refractivity contribution is -0.146. The van der Waals surface area contributed by atoms with Gasteiger partial charge in [0.1, 0.15) is 11.6 Å². The molecule has 1 aromatic carbocycles. The summed E-state index contributed by atoms with van der Waals surface area (Å²) in [5, 5.41) is 2.73. The molecule has 0 spiro atoms. The maximum atomic E-state index is 13.4. The van der Waals surface area contributed by atoms with E-state index in [0.29, 0.717) is 0 Å². The summed E-state index contributed by atoms with van der Waals surface area (Å²) in [6.45, 7) is 3.93. The molecule has 0 aliphatic heterocycles. The van der Waals surface area contributed by atoms with Gasteiger partial charge >= 0.3 is 5.97 Å². The number of hydrogen-bond acceptors (Lipinski definition) is 3. The summed E-state index contributed by atoms with van der Waals surface area (Å²) in [5.74, 6) is -1.81. The SMILES string of the molecule is COC(=O)C(CNc1cc(F)ccc1F)C(C)C. The van der Waals surface area contributed by atoms with E-state index in [1.807, 2.05) is 13.8 Å². The first-order valence-corrected chi connectivity index (χ1v) is 5.72. The maximum absolute atomic E-state index is 13.4. The van der Waals surface area contributed by atoms with Crippen LogP contribution < -0.4 is 5.32 Å². The van der Waals surface area contributed by atoms with Crippen molar-refractivity contribution in [2.45, 2.75) is 13.8 Å². The van der Waals surface area contributed by atoms with Crippen LogP contribution in [-0.4, -0.2) is 19.6 Å². The monoisotopic (exact) mass is 257 g/mol. The number of benzene rings is 1. The molecule has 0 fully saturated rings. The fraction of sp³-hybridized carbons (Fsp3) is 0.462. The second-order valence-electron chi connectivity index (χ2n) is 4.38. The number of rotatable bonds is 5. The first-order chi connectivity index (χ1) is 8.45. The van der Waals surface area contributed by atoms with E-state index in [1.165, 1.54) is 7.11 Å². The van der Waals surface area contributed by atoms with E-state index >= 15 is 0 Å². The molecule has 3 nitrogen and oxygen atoms in total. The Bertz CT molecular complexity index is 421. The van der Waals surface area contributed by atoms with Gasteiger partial charge in [0.05, 0.1) is 18.7 Å². The van der Waals surface area contributed by atoms with Crippen molar-refractivity contribution in [1.82, 2.24) is 0 Å². The maximum Gasteiger partial charge on any atom is 0.310 e. The van der Waals surface area contributed by atoms with Gasteiger partial charge in [-0.2, -0.15) is 0 Å². The highest BCUT2D eigenvalue weighted by Crippen LogP contribution is 2.18. The van der Waals surface area contributed by atoms with Crippen LogP contribution in [0.25, 0.3) is 0 Å². The number of esters is 1. The van der Waals surface area contributed by atoms with E-state index in [-0.39, 0.29) is 24.1 Å². The summed E-state index contributed by atoms with van der Waals surface area (Å²) in [7, 11) is 1.31. The number of anilines is 1. The molecule has 1 N–H and O–H groups in total. The van der Waals surface area contributed by atoms with Gasteiger partial charge in [0.25, 0.3) is 0 Å². The van der Waals surface area contributed by atoms with Gasteiger partial charge in [0, 0.05) is 6.54 Å². The normalized spacial score (nSPS) is 12.3. The van der Waals surface area contributed by atoms with E-state index in [4.69, 9.17) is 0 Å². The Morgan fingerprint density at radius 2 is 2.06 bits per heavy atom. The quantitative estimate of drug-likeness (QED) is 0.824. The van der Waals surface area contributed by atoms with Gasteiger partial charge in [-0.15, -0.1) is 0 Å². The Labute approximate surface area is 105 Å². The molecule has 0 aliphatic carbocycles. The molecule has 0 saturated heterocycles. The Hall–Kier alpha value is -1.65. The van der Waals surface area contributed by atoms with E-state index in [1.54, 1.807) is 0 Å². The highest BCUT2D eigenvalue weighted by atomic mass is 19.1. The van der Waals surface area contributed by atoms with Gasteiger partial charge in [0.15, 0.2) is 0 Å². The van der Waals surface area contributed by atoms with Crippen LogP contribution in [0.2, 0.25) is 0 Å². The molecule has 0 saturated carbocycles. The minimum absolute atomic E-state index is 0.0431. The van der Waals surface area contributed by atoms with Crippen molar-refractivity contribution in [3.8, 4) is 0 Å². The number of hydrogen-bond donors (Lipinski definition) is 1. The predicted octanol–water partition coefficient (Wildman–Crippen LogP) is 2.82. The van der Waals surface area contributed by atoms with Crippen LogP contribution in [0.15, 0.2) is 18.2 Å². The van der Waals surface area contributed by atoms with Gasteiger partial charge in [0.2, 0.25) is 0 Å². The number of halogens is 2. The van der Waals surface area contributed by atoms with Crippen LogP contribution in [-0.2, 0) is 9.53 Å². The molecule has 1 atom stereocenters. The number of methoxy groups -OCH3 is 1. The molecule has 0 amide bonds. The van der Waals surface area contributed by atoms with Crippen molar-refractivity contribution in [2.75, 3.05) is 19.0 Å². The molecule has 5 heteroatoms. The summed E-state index contributed by atoms with van der Waals surface area (Å²) >= 11 is 0. The van der Waals surface area contributed by atoms with E-state index in [2.05, 4.69) is 10.1 Å². The second kappa shape index (κ2) is 6.33. The molecular formula is C13H17F2NO2. The van der Waals surface area contributed by atoms with Crippen LogP contribution in [0.5, 0.6) is 0 Å². The number of carbonyl (C=O) groups is 1. The Kier molecular flexibility index (Phi) is 5.07. The van der Waals surface area contributed by atoms with Crippen LogP contribution in [0.1, 0.15) is 13.8 Å². The minimum Gasteiger partial charge on any atom is -0.469 e. The summed E-state index contributed by atoms with van der Waals surface area (Å²) < 4.78 is 31.0. The third-order valence-electron chi connectivity index (χ3n) is 2.75. The number of nitrogens with one attached hydrogen (secondary N) is 1. The van der Waals surface area contributed by atoms with Crippen LogP contribution in [0.3, 0.4) is 0 Å². The lowest BCUT2D eigenvalue weighted by atomic mass is 9.96. The summed E-state index contributed by atoms with van der Waals surface area (Å²) in [6, 6.07) is 3.14. The molecule has 1 rings (SSSR count). The predicted molar refractivity (Wildman–Crippen MR) is 65.2 cm³/mol. The molecule has 0 bridgehead atoms. The van der Waals surface area contributed by atoms with Gasteiger partial charge in [-0.3, -0.25) is 4.79 Å². The summed E-state index contributed by atoms with van der Waals surface area (Å²) in [5.41, 5.74) is 0.0459. The standard InChI is InChI=1S/C13H17F2NO2/c1-8(2)10(13(17)18-3)7-16-12-6-9(14)4-5-11(12)15/h4-6,8,10,16H,7H2,1-3H3. The molecule has 0 aromatic heterocycles. The second-order valence-corrected chi connectivity index (χ2v) is 4.38. The van der Waals surface area contributed by atoms with Gasteiger partial charge in [-0.25, -0.2) is 8.78 Å². The van der Waals surface area contributed by atoms with Crippen molar-refractivity contribution < 1.29 is 18.3 Å². The first-order valence-electron chi connectivity index (χ1n) is 5.72. The van der Waals surface area contributed by atoms with Crippen molar-refractivity contribution in [2.24, 2.45) is 11.8 Å². The molecule has 0 heterocycles. The Balaban J connectivity index is 2.73. The van der Waals surface area contributed by atoms with Crippen molar-refractivity contribution in [3.05, 3.63) is 29.8 Å². The fourth-order valence-electron chi connectivity index (χ4n) is 1.60. The highest BCUT2D eigenvalue weighted by molar-refractivity contribution is 5.73. The summed E-state index contributed by atoms with van der Waals surface area (Å²) in [6.07, 6.45) is 0. The Morgan fingerprint density at radius 3 is 2.61 bits per heavy atom. The molecule has 1 aromatic rings. The average Bonchev–Trinajstić information content (AvgIpc) is 2.32. The lowest BCUT2D eigenvalue weighted by Crippen LogP contribution is -2.29. The highest BCUT2D eigenvalue weighted by Gasteiger charge is 2.23. The topological polar surface area (TPSA) is 38.3 Å². The zero-order valence-electron chi connectivity index (χ0n) is 10.7. The minimum atomic E-state index is -0.552. The largest absolute Gasteiger partial charge is 0.469 e. The van der Waals surface area contributed by atoms with Crippen molar-refractivity contribution >= 4 is 11.7 Å². The van der Waals surface area contributed by atoms with Crippen LogP contribution in [0, 0.1) is 23.5 Å². The zero-order valence-corrected chi connectivity index (χ0v) is 10.7. The lowest BCUT2D eigenvalue weighted by Gasteiger charge is -2.19. The third kappa shape index (κ3) is 3.68. The molecule has 1 unspecified atom stereocenters. The Morgan fingerprint density at radius 1 is 1.39 bits per heavy atom. The zero-order chi connectivity index (χ0) is 13.7. The van der Waals surface area contributed by atoms with Gasteiger partial charge < -0.3 is 10.1 Å². The van der Waals surface area contributed by atoms with Crippen LogP contribution >= 0.6 is 0 Å². The molecular weight excluding hydrogens is 240 g/mol.